The second-order valence-corrected chi connectivity index (χ2v) is 6.03. The van der Waals surface area contributed by atoms with E-state index >= 15 is 0 Å². The maximum absolute atomic E-state index is 12.4. The summed E-state index contributed by atoms with van der Waals surface area (Å²) in [6, 6.07) is 5.56. The molecule has 1 rings (SSSR count). The zero-order valence-electron chi connectivity index (χ0n) is 13.3. The topological polar surface area (TPSA) is 66.8 Å². The van der Waals surface area contributed by atoms with Crippen molar-refractivity contribution >= 4 is 11.9 Å². The molecule has 0 spiro atoms. The van der Waals surface area contributed by atoms with Gasteiger partial charge in [0.15, 0.2) is 0 Å². The normalized spacial score (nSPS) is 11.1. The summed E-state index contributed by atoms with van der Waals surface area (Å²) in [5.74, 6) is -0.503. The van der Waals surface area contributed by atoms with E-state index in [0.717, 1.165) is 16.9 Å². The Balaban J connectivity index is 2.94. The van der Waals surface area contributed by atoms with E-state index in [1.54, 1.807) is 7.11 Å². The molecule has 0 fully saturated rings. The van der Waals surface area contributed by atoms with Gasteiger partial charge in [-0.2, -0.15) is 0 Å². The zero-order chi connectivity index (χ0) is 16.2. The summed E-state index contributed by atoms with van der Waals surface area (Å²) < 4.78 is 5.24. The van der Waals surface area contributed by atoms with Crippen molar-refractivity contribution in [2.75, 3.05) is 13.7 Å². The van der Waals surface area contributed by atoms with Crippen LogP contribution < -0.4 is 4.74 Å². The van der Waals surface area contributed by atoms with Crippen LogP contribution in [0.15, 0.2) is 18.2 Å². The van der Waals surface area contributed by atoms with Gasteiger partial charge in [0, 0.05) is 5.54 Å². The van der Waals surface area contributed by atoms with Gasteiger partial charge < -0.3 is 14.7 Å². The quantitative estimate of drug-likeness (QED) is 0.904. The van der Waals surface area contributed by atoms with E-state index in [2.05, 4.69) is 0 Å². The van der Waals surface area contributed by atoms with Crippen LogP contribution in [0.4, 0.5) is 0 Å². The maximum Gasteiger partial charge on any atom is 0.323 e. The van der Waals surface area contributed by atoms with Gasteiger partial charge in [0.1, 0.15) is 12.3 Å². The first-order chi connectivity index (χ1) is 9.65. The van der Waals surface area contributed by atoms with Crippen molar-refractivity contribution in [2.24, 2.45) is 0 Å². The number of hydrogen-bond acceptors (Lipinski definition) is 3. The lowest BCUT2D eigenvalue weighted by Crippen LogP contribution is -2.48. The molecule has 0 heterocycles. The van der Waals surface area contributed by atoms with Crippen LogP contribution in [0.25, 0.3) is 0 Å². The number of nitrogens with zero attached hydrogens (tertiary/aromatic N) is 1. The summed E-state index contributed by atoms with van der Waals surface area (Å²) in [7, 11) is 1.58. The van der Waals surface area contributed by atoms with Crippen molar-refractivity contribution in [3.8, 4) is 5.75 Å². The van der Waals surface area contributed by atoms with Crippen LogP contribution in [0.2, 0.25) is 0 Å². The highest BCUT2D eigenvalue weighted by Gasteiger charge is 2.28. The number of rotatable bonds is 5. The number of ether oxygens (including phenoxy) is 1. The molecule has 1 amide bonds. The molecule has 0 atom stereocenters. The van der Waals surface area contributed by atoms with Crippen molar-refractivity contribution in [2.45, 2.75) is 39.7 Å². The second-order valence-electron chi connectivity index (χ2n) is 6.03. The minimum atomic E-state index is -1.01. The van der Waals surface area contributed by atoms with Gasteiger partial charge in [0.25, 0.3) is 0 Å². The van der Waals surface area contributed by atoms with Gasteiger partial charge in [-0.25, -0.2) is 0 Å². The van der Waals surface area contributed by atoms with E-state index < -0.39 is 11.5 Å². The third-order valence-electron chi connectivity index (χ3n) is 3.23. The van der Waals surface area contributed by atoms with Gasteiger partial charge in [0.2, 0.25) is 5.91 Å². The van der Waals surface area contributed by atoms with Crippen LogP contribution in [0.3, 0.4) is 0 Å². The first-order valence-corrected chi connectivity index (χ1v) is 6.81. The molecule has 21 heavy (non-hydrogen) atoms. The van der Waals surface area contributed by atoms with E-state index in [-0.39, 0.29) is 18.9 Å². The number of aryl methyl sites for hydroxylation is 1. The fourth-order valence-corrected chi connectivity index (χ4v) is 2.08. The second kappa shape index (κ2) is 6.61. The molecule has 0 aliphatic carbocycles. The van der Waals surface area contributed by atoms with Crippen molar-refractivity contribution in [1.29, 1.82) is 0 Å². The molecule has 1 N–H and O–H groups in total. The Kier molecular flexibility index (Phi) is 5.35. The zero-order valence-corrected chi connectivity index (χ0v) is 13.3. The van der Waals surface area contributed by atoms with E-state index in [4.69, 9.17) is 9.84 Å². The Morgan fingerprint density at radius 3 is 2.38 bits per heavy atom. The van der Waals surface area contributed by atoms with E-state index in [0.29, 0.717) is 0 Å². The molecule has 5 heteroatoms. The fraction of sp³-hybridized carbons (Fsp3) is 0.500. The molecule has 0 unspecified atom stereocenters. The van der Waals surface area contributed by atoms with E-state index in [1.807, 2.05) is 45.9 Å². The smallest absolute Gasteiger partial charge is 0.323 e. The number of carbonyl (C=O) groups is 2. The van der Waals surface area contributed by atoms with Crippen LogP contribution >= 0.6 is 0 Å². The molecule has 1 aromatic rings. The third-order valence-corrected chi connectivity index (χ3v) is 3.23. The largest absolute Gasteiger partial charge is 0.496 e. The lowest BCUT2D eigenvalue weighted by Gasteiger charge is -2.34. The third kappa shape index (κ3) is 4.77. The summed E-state index contributed by atoms with van der Waals surface area (Å²) in [5.41, 5.74) is 1.26. The lowest BCUT2D eigenvalue weighted by atomic mass is 10.0. The van der Waals surface area contributed by atoms with Crippen LogP contribution in [0.1, 0.15) is 31.9 Å². The molecule has 5 nitrogen and oxygen atoms in total. The highest BCUT2D eigenvalue weighted by atomic mass is 16.5. The minimum Gasteiger partial charge on any atom is -0.496 e. The molecule has 0 bridgehead atoms. The molecule has 0 saturated heterocycles. The Hall–Kier alpha value is -2.04. The standard InChI is InChI=1S/C16H23NO4/c1-11-6-7-12(8-13(11)21-5)9-14(18)17(10-15(19)20)16(2,3)4/h6-8H,9-10H2,1-5H3,(H,19,20). The number of amides is 1. The predicted molar refractivity (Wildman–Crippen MR) is 80.5 cm³/mol. The van der Waals surface area contributed by atoms with Crippen molar-refractivity contribution in [3.05, 3.63) is 29.3 Å². The van der Waals surface area contributed by atoms with Crippen molar-refractivity contribution in [3.63, 3.8) is 0 Å². The summed E-state index contributed by atoms with van der Waals surface area (Å²) in [4.78, 5) is 24.7. The van der Waals surface area contributed by atoms with Gasteiger partial charge in [-0.05, 0) is 44.9 Å². The number of methoxy groups -OCH3 is 1. The average Bonchev–Trinajstić information content (AvgIpc) is 2.36. The molecule has 0 aromatic heterocycles. The van der Waals surface area contributed by atoms with Gasteiger partial charge in [0.05, 0.1) is 13.5 Å². The number of hydrogen-bond donors (Lipinski definition) is 1. The number of aliphatic carboxylic acids is 1. The van der Waals surface area contributed by atoms with Crippen LogP contribution in [-0.4, -0.2) is 41.1 Å². The number of carboxylic acids is 1. The monoisotopic (exact) mass is 293 g/mol. The maximum atomic E-state index is 12.4. The van der Waals surface area contributed by atoms with Crippen LogP contribution in [-0.2, 0) is 16.0 Å². The highest BCUT2D eigenvalue weighted by molar-refractivity contribution is 5.83. The van der Waals surface area contributed by atoms with Crippen molar-refractivity contribution < 1.29 is 19.4 Å². The summed E-state index contributed by atoms with van der Waals surface area (Å²) >= 11 is 0. The van der Waals surface area contributed by atoms with Crippen LogP contribution in [0, 0.1) is 6.92 Å². The van der Waals surface area contributed by atoms with Gasteiger partial charge in [-0.3, -0.25) is 9.59 Å². The molecule has 1 aromatic carbocycles. The summed E-state index contributed by atoms with van der Waals surface area (Å²) in [5, 5.41) is 8.97. The molecule has 0 aliphatic rings. The van der Waals surface area contributed by atoms with E-state index in [9.17, 15) is 9.59 Å². The number of carbonyl (C=O) groups excluding carboxylic acids is 1. The molecule has 116 valence electrons. The fourth-order valence-electron chi connectivity index (χ4n) is 2.08. The van der Waals surface area contributed by atoms with Gasteiger partial charge in [-0.1, -0.05) is 12.1 Å². The Labute approximate surface area is 125 Å². The Morgan fingerprint density at radius 2 is 1.90 bits per heavy atom. The SMILES string of the molecule is COc1cc(CC(=O)N(CC(=O)O)C(C)(C)C)ccc1C. The first-order valence-electron chi connectivity index (χ1n) is 6.81. The Morgan fingerprint density at radius 1 is 1.29 bits per heavy atom. The Bertz CT molecular complexity index is 532. The van der Waals surface area contributed by atoms with Crippen molar-refractivity contribution in [1.82, 2.24) is 4.90 Å². The van der Waals surface area contributed by atoms with Gasteiger partial charge in [-0.15, -0.1) is 0 Å². The number of carboxylic acid groups (broad SMARTS) is 1. The molecule has 0 aliphatic heterocycles. The first kappa shape index (κ1) is 17.0. The minimum absolute atomic E-state index is 0.154. The molecule has 0 radical (unpaired) electrons. The molecular weight excluding hydrogens is 270 g/mol. The van der Waals surface area contributed by atoms with E-state index in [1.165, 1.54) is 4.90 Å². The lowest BCUT2D eigenvalue weighted by molar-refractivity contribution is -0.147. The van der Waals surface area contributed by atoms with Gasteiger partial charge >= 0.3 is 5.97 Å². The highest BCUT2D eigenvalue weighted by Crippen LogP contribution is 2.21. The average molecular weight is 293 g/mol. The molecular formula is C16H23NO4. The predicted octanol–water partition coefficient (Wildman–Crippen LogP) is 2.26. The number of benzene rings is 1. The summed E-state index contributed by atoms with van der Waals surface area (Å²) in [6.45, 7) is 7.10. The van der Waals surface area contributed by atoms with Crippen LogP contribution in [0.5, 0.6) is 5.75 Å². The molecule has 0 saturated carbocycles. The summed E-state index contributed by atoms with van der Waals surface area (Å²) in [6.07, 6.45) is 0.154.